The van der Waals surface area contributed by atoms with Crippen LogP contribution in [0.1, 0.15) is 25.3 Å². The topological polar surface area (TPSA) is 58.5 Å². The van der Waals surface area contributed by atoms with Crippen LogP contribution in [0.4, 0.5) is 0 Å². The third-order valence-electron chi connectivity index (χ3n) is 3.89. The maximum absolute atomic E-state index is 5.46. The fraction of sp³-hybridized carbons (Fsp3) is 0.692. The average molecular weight is 282 g/mol. The molecule has 0 bridgehead atoms. The van der Waals surface area contributed by atoms with Gasteiger partial charge in [-0.15, -0.1) is 11.3 Å². The molecule has 0 spiro atoms. The highest BCUT2D eigenvalue weighted by molar-refractivity contribution is 7.09. The molecule has 1 heterocycles. The van der Waals surface area contributed by atoms with Crippen molar-refractivity contribution in [3.05, 3.63) is 16.6 Å². The highest BCUT2D eigenvalue weighted by atomic mass is 32.1. The molecule has 0 aliphatic heterocycles. The summed E-state index contributed by atoms with van der Waals surface area (Å²) in [5.74, 6) is 0.822. The first kappa shape index (κ1) is 14.3. The van der Waals surface area contributed by atoms with Gasteiger partial charge in [0.05, 0.1) is 12.6 Å². The van der Waals surface area contributed by atoms with Gasteiger partial charge < -0.3 is 15.4 Å². The number of rotatable bonds is 4. The van der Waals surface area contributed by atoms with E-state index in [-0.39, 0.29) is 5.41 Å². The lowest BCUT2D eigenvalue weighted by Gasteiger charge is -2.51. The van der Waals surface area contributed by atoms with Crippen LogP contribution in [0.3, 0.4) is 0 Å². The van der Waals surface area contributed by atoms with Crippen LogP contribution < -0.4 is 10.6 Å². The molecule has 106 valence electrons. The van der Waals surface area contributed by atoms with Crippen LogP contribution >= 0.6 is 11.3 Å². The summed E-state index contributed by atoms with van der Waals surface area (Å²) in [4.78, 5) is 8.50. The number of methoxy groups -OCH3 is 1. The van der Waals surface area contributed by atoms with Crippen LogP contribution in [0.5, 0.6) is 0 Å². The molecule has 0 radical (unpaired) electrons. The standard InChI is InChI=1S/C13H22N4OS/c1-13(2)9(7-10(13)18-4)17-12(14-3)16-8-11-15-5-6-19-11/h5-6,9-10H,7-8H2,1-4H3,(H2,14,16,17). The molecular weight excluding hydrogens is 260 g/mol. The second-order valence-corrected chi connectivity index (χ2v) is 6.31. The molecule has 5 nitrogen and oxygen atoms in total. The van der Waals surface area contributed by atoms with Crippen LogP contribution in [0.25, 0.3) is 0 Å². The van der Waals surface area contributed by atoms with Crippen LogP contribution in [-0.4, -0.2) is 37.2 Å². The van der Waals surface area contributed by atoms with Crippen molar-refractivity contribution in [3.63, 3.8) is 0 Å². The van der Waals surface area contributed by atoms with Gasteiger partial charge in [0, 0.05) is 37.2 Å². The number of nitrogens with zero attached hydrogens (tertiary/aromatic N) is 2. The van der Waals surface area contributed by atoms with Crippen molar-refractivity contribution in [2.75, 3.05) is 14.2 Å². The third kappa shape index (κ3) is 3.06. The molecule has 1 aliphatic rings. The molecule has 6 heteroatoms. The molecule has 1 aliphatic carbocycles. The lowest BCUT2D eigenvalue weighted by molar-refractivity contribution is -0.0922. The van der Waals surface area contributed by atoms with E-state index in [9.17, 15) is 0 Å². The Hall–Kier alpha value is -1.14. The van der Waals surface area contributed by atoms with E-state index >= 15 is 0 Å². The largest absolute Gasteiger partial charge is 0.381 e. The zero-order valence-electron chi connectivity index (χ0n) is 11.9. The molecular formula is C13H22N4OS. The zero-order chi connectivity index (χ0) is 13.9. The summed E-state index contributed by atoms with van der Waals surface area (Å²) in [6, 6.07) is 0.389. The minimum atomic E-state index is 0.132. The first-order valence-corrected chi connectivity index (χ1v) is 7.34. The van der Waals surface area contributed by atoms with Crippen molar-refractivity contribution in [1.82, 2.24) is 15.6 Å². The van der Waals surface area contributed by atoms with Gasteiger partial charge in [0.25, 0.3) is 0 Å². The number of hydrogen-bond acceptors (Lipinski definition) is 4. The fourth-order valence-electron chi connectivity index (χ4n) is 2.39. The molecule has 1 aromatic rings. The van der Waals surface area contributed by atoms with Crippen molar-refractivity contribution < 1.29 is 4.74 Å². The van der Waals surface area contributed by atoms with Gasteiger partial charge in [-0.25, -0.2) is 4.98 Å². The summed E-state index contributed by atoms with van der Waals surface area (Å²) in [7, 11) is 3.56. The van der Waals surface area contributed by atoms with Crippen molar-refractivity contribution in [1.29, 1.82) is 0 Å². The van der Waals surface area contributed by atoms with Gasteiger partial charge in [-0.05, 0) is 6.42 Å². The summed E-state index contributed by atoms with van der Waals surface area (Å²) < 4.78 is 5.46. The van der Waals surface area contributed by atoms with Crippen LogP contribution in [-0.2, 0) is 11.3 Å². The number of aliphatic imine (C=N–C) groups is 1. The Labute approximate surface area is 118 Å². The molecule has 2 rings (SSSR count). The van der Waals surface area contributed by atoms with Gasteiger partial charge in [0.1, 0.15) is 5.01 Å². The molecule has 2 unspecified atom stereocenters. The Morgan fingerprint density at radius 3 is 2.95 bits per heavy atom. The number of guanidine groups is 1. The van der Waals surface area contributed by atoms with E-state index in [1.165, 1.54) is 0 Å². The summed E-state index contributed by atoms with van der Waals surface area (Å²) in [5, 5.41) is 9.78. The monoisotopic (exact) mass is 282 g/mol. The zero-order valence-corrected chi connectivity index (χ0v) is 12.8. The molecule has 1 saturated carbocycles. The van der Waals surface area contributed by atoms with Crippen LogP contribution in [0.15, 0.2) is 16.6 Å². The third-order valence-corrected chi connectivity index (χ3v) is 4.67. The van der Waals surface area contributed by atoms with Gasteiger partial charge >= 0.3 is 0 Å². The molecule has 0 saturated heterocycles. The number of ether oxygens (including phenoxy) is 1. The SMILES string of the molecule is CN=C(NCc1nccs1)NC1CC(OC)C1(C)C. The number of hydrogen-bond donors (Lipinski definition) is 2. The molecule has 0 amide bonds. The maximum atomic E-state index is 5.46. The summed E-state index contributed by atoms with van der Waals surface area (Å²) in [6.45, 7) is 5.14. The Kier molecular flexibility index (Phi) is 4.42. The minimum Gasteiger partial charge on any atom is -0.381 e. The normalized spacial score (nSPS) is 25.8. The van der Waals surface area contributed by atoms with Crippen molar-refractivity contribution in [2.45, 2.75) is 39.0 Å². The Morgan fingerprint density at radius 1 is 1.63 bits per heavy atom. The fourth-order valence-corrected chi connectivity index (χ4v) is 2.95. The lowest BCUT2D eigenvalue weighted by atomic mass is 9.64. The summed E-state index contributed by atoms with van der Waals surface area (Å²) in [5.41, 5.74) is 0.132. The van der Waals surface area contributed by atoms with E-state index in [1.807, 2.05) is 11.6 Å². The summed E-state index contributed by atoms with van der Waals surface area (Å²) >= 11 is 1.64. The van der Waals surface area contributed by atoms with Crippen molar-refractivity contribution >= 4 is 17.3 Å². The molecule has 2 N–H and O–H groups in total. The van der Waals surface area contributed by atoms with E-state index in [0.29, 0.717) is 18.7 Å². The van der Waals surface area contributed by atoms with Gasteiger partial charge in [-0.3, -0.25) is 4.99 Å². The van der Waals surface area contributed by atoms with Gasteiger partial charge in [-0.2, -0.15) is 0 Å². The quantitative estimate of drug-likeness (QED) is 0.651. The Morgan fingerprint density at radius 2 is 2.42 bits per heavy atom. The van der Waals surface area contributed by atoms with Crippen LogP contribution in [0.2, 0.25) is 0 Å². The smallest absolute Gasteiger partial charge is 0.191 e. The predicted molar refractivity (Wildman–Crippen MR) is 78.4 cm³/mol. The Balaban J connectivity index is 1.84. The second kappa shape index (κ2) is 5.88. The molecule has 0 aromatic carbocycles. The minimum absolute atomic E-state index is 0.132. The van der Waals surface area contributed by atoms with E-state index in [4.69, 9.17) is 4.74 Å². The van der Waals surface area contributed by atoms with Gasteiger partial charge in [0.15, 0.2) is 5.96 Å². The Bertz CT molecular complexity index is 430. The first-order chi connectivity index (χ1) is 9.07. The van der Waals surface area contributed by atoms with E-state index in [1.54, 1.807) is 25.5 Å². The highest BCUT2D eigenvalue weighted by Crippen LogP contribution is 2.42. The predicted octanol–water partition coefficient (Wildman–Crippen LogP) is 1.62. The molecule has 1 aromatic heterocycles. The number of aromatic nitrogens is 1. The van der Waals surface area contributed by atoms with E-state index in [2.05, 4.69) is 34.5 Å². The lowest BCUT2D eigenvalue weighted by Crippen LogP contribution is -2.63. The highest BCUT2D eigenvalue weighted by Gasteiger charge is 2.48. The average Bonchev–Trinajstić information content (AvgIpc) is 2.90. The first-order valence-electron chi connectivity index (χ1n) is 6.46. The van der Waals surface area contributed by atoms with Crippen LogP contribution in [0, 0.1) is 5.41 Å². The van der Waals surface area contributed by atoms with E-state index in [0.717, 1.165) is 17.4 Å². The van der Waals surface area contributed by atoms with Gasteiger partial charge in [0.2, 0.25) is 0 Å². The second-order valence-electron chi connectivity index (χ2n) is 5.33. The number of thiazole rings is 1. The van der Waals surface area contributed by atoms with Crippen molar-refractivity contribution in [3.8, 4) is 0 Å². The van der Waals surface area contributed by atoms with Gasteiger partial charge in [-0.1, -0.05) is 13.8 Å². The molecule has 19 heavy (non-hydrogen) atoms. The van der Waals surface area contributed by atoms with E-state index < -0.39 is 0 Å². The molecule has 1 fully saturated rings. The maximum Gasteiger partial charge on any atom is 0.191 e. The molecule has 2 atom stereocenters. The summed E-state index contributed by atoms with van der Waals surface area (Å²) in [6.07, 6.45) is 3.15. The number of nitrogens with one attached hydrogen (secondary N) is 2. The van der Waals surface area contributed by atoms with Crippen molar-refractivity contribution in [2.24, 2.45) is 10.4 Å².